The first-order valence-electron chi connectivity index (χ1n) is 10.1. The molecule has 1 aliphatic heterocycles. The van der Waals surface area contributed by atoms with Crippen molar-refractivity contribution in [1.82, 2.24) is 24.9 Å². The third kappa shape index (κ3) is 4.54. The number of benzene rings is 1. The van der Waals surface area contributed by atoms with Gasteiger partial charge in [0, 0.05) is 42.2 Å². The average Bonchev–Trinajstić information content (AvgIpc) is 3.20. The van der Waals surface area contributed by atoms with Crippen LogP contribution in [0.5, 0.6) is 0 Å². The fraction of sp³-hybridized carbons (Fsp3) is 0.409. The number of nitrogens with zero attached hydrogens (tertiary/aromatic N) is 5. The Morgan fingerprint density at radius 1 is 1.17 bits per heavy atom. The number of aryl methyl sites for hydroxylation is 1. The van der Waals surface area contributed by atoms with Crippen molar-refractivity contribution in [2.24, 2.45) is 13.0 Å². The number of carbonyl (C=O) groups is 2. The van der Waals surface area contributed by atoms with E-state index >= 15 is 0 Å². The van der Waals surface area contributed by atoms with Gasteiger partial charge in [-0.05, 0) is 43.5 Å². The number of aromatic nitrogens is 4. The molecule has 1 fully saturated rings. The minimum Gasteiger partial charge on any atom is -0.468 e. The topological polar surface area (TPSA) is 90.2 Å². The van der Waals surface area contributed by atoms with Gasteiger partial charge in [-0.25, -0.2) is 0 Å². The number of rotatable bonds is 6. The molecule has 0 spiro atoms. The van der Waals surface area contributed by atoms with Gasteiger partial charge < -0.3 is 4.74 Å². The molecule has 2 aromatic heterocycles. The molecular formula is C22H25N5O3. The number of hydrogen-bond acceptors (Lipinski definition) is 7. The Labute approximate surface area is 174 Å². The summed E-state index contributed by atoms with van der Waals surface area (Å²) in [6, 6.07) is 8.05. The molecule has 0 saturated carbocycles. The standard InChI is InChI=1S/C22H25N5O3/c1-26-13-20(24-25-26)16-3-4-17-12-23-19(10-18(17)9-16)11-21(28)15-5-7-27(8-6-15)14-22(29)30-2/h3-4,9-10,12-13,15H,5-8,11,14H2,1-2H3. The highest BCUT2D eigenvalue weighted by Crippen LogP contribution is 2.24. The number of hydrogen-bond donors (Lipinski definition) is 0. The number of likely N-dealkylation sites (tertiary alicyclic amines) is 1. The molecule has 0 amide bonds. The summed E-state index contributed by atoms with van der Waals surface area (Å²) in [6.07, 6.45) is 5.55. The molecule has 0 aliphatic carbocycles. The summed E-state index contributed by atoms with van der Waals surface area (Å²) >= 11 is 0. The normalized spacial score (nSPS) is 15.4. The van der Waals surface area contributed by atoms with E-state index in [2.05, 4.69) is 21.4 Å². The Kier molecular flexibility index (Phi) is 5.85. The van der Waals surface area contributed by atoms with Crippen molar-refractivity contribution in [3.63, 3.8) is 0 Å². The fourth-order valence-corrected chi connectivity index (χ4v) is 3.91. The van der Waals surface area contributed by atoms with E-state index in [0.29, 0.717) is 6.42 Å². The quantitative estimate of drug-likeness (QED) is 0.578. The number of Topliss-reactive ketones (excluding diaryl/α,β-unsaturated/α-hetero) is 1. The van der Waals surface area contributed by atoms with Crippen LogP contribution in [-0.4, -0.2) is 63.4 Å². The Hall–Kier alpha value is -3.13. The molecule has 0 bridgehead atoms. The van der Waals surface area contributed by atoms with Gasteiger partial charge in [-0.2, -0.15) is 0 Å². The molecule has 1 aromatic carbocycles. The van der Waals surface area contributed by atoms with Gasteiger partial charge in [0.1, 0.15) is 11.5 Å². The van der Waals surface area contributed by atoms with Crippen LogP contribution in [0.25, 0.3) is 22.0 Å². The van der Waals surface area contributed by atoms with E-state index in [-0.39, 0.29) is 24.2 Å². The highest BCUT2D eigenvalue weighted by Gasteiger charge is 2.26. The number of ether oxygens (including phenoxy) is 1. The number of ketones is 1. The third-order valence-corrected chi connectivity index (χ3v) is 5.66. The molecule has 156 valence electrons. The molecule has 3 aromatic rings. The van der Waals surface area contributed by atoms with Crippen molar-refractivity contribution in [1.29, 1.82) is 0 Å². The third-order valence-electron chi connectivity index (χ3n) is 5.66. The van der Waals surface area contributed by atoms with Crippen molar-refractivity contribution >= 4 is 22.5 Å². The minimum absolute atomic E-state index is 0.0160. The van der Waals surface area contributed by atoms with Crippen LogP contribution >= 0.6 is 0 Å². The summed E-state index contributed by atoms with van der Waals surface area (Å²) < 4.78 is 6.39. The van der Waals surface area contributed by atoms with E-state index in [1.807, 2.05) is 42.5 Å². The van der Waals surface area contributed by atoms with Crippen LogP contribution in [-0.2, 0) is 27.8 Å². The highest BCUT2D eigenvalue weighted by molar-refractivity contribution is 5.88. The van der Waals surface area contributed by atoms with Crippen LogP contribution in [0.3, 0.4) is 0 Å². The number of esters is 1. The molecular weight excluding hydrogens is 382 g/mol. The number of pyridine rings is 1. The zero-order chi connectivity index (χ0) is 21.1. The molecule has 0 unspecified atom stereocenters. The Bertz CT molecular complexity index is 1070. The molecule has 8 nitrogen and oxygen atoms in total. The van der Waals surface area contributed by atoms with Gasteiger partial charge in [0.05, 0.1) is 19.9 Å². The zero-order valence-electron chi connectivity index (χ0n) is 17.2. The Balaban J connectivity index is 1.42. The Morgan fingerprint density at radius 2 is 1.97 bits per heavy atom. The lowest BCUT2D eigenvalue weighted by Gasteiger charge is -2.30. The van der Waals surface area contributed by atoms with Crippen LogP contribution < -0.4 is 0 Å². The predicted octanol–water partition coefficient (Wildman–Crippen LogP) is 2.03. The lowest BCUT2D eigenvalue weighted by atomic mass is 9.90. The first kappa shape index (κ1) is 20.2. The van der Waals surface area contributed by atoms with E-state index in [9.17, 15) is 9.59 Å². The van der Waals surface area contributed by atoms with Crippen molar-refractivity contribution in [3.05, 3.63) is 42.4 Å². The second-order valence-electron chi connectivity index (χ2n) is 7.78. The number of fused-ring (bicyclic) bond motifs is 1. The summed E-state index contributed by atoms with van der Waals surface area (Å²) in [7, 11) is 3.23. The van der Waals surface area contributed by atoms with Gasteiger partial charge in [0.15, 0.2) is 0 Å². The van der Waals surface area contributed by atoms with E-state index in [1.54, 1.807) is 4.68 Å². The molecule has 0 N–H and O–H groups in total. The van der Waals surface area contributed by atoms with Crippen LogP contribution in [0.2, 0.25) is 0 Å². The van der Waals surface area contributed by atoms with Crippen LogP contribution in [0.4, 0.5) is 0 Å². The average molecular weight is 407 g/mol. The van der Waals surface area contributed by atoms with Crippen LogP contribution in [0, 0.1) is 5.92 Å². The van der Waals surface area contributed by atoms with Gasteiger partial charge in [0.2, 0.25) is 0 Å². The molecule has 1 aliphatic rings. The van der Waals surface area contributed by atoms with Crippen molar-refractivity contribution in [2.75, 3.05) is 26.7 Å². The maximum Gasteiger partial charge on any atom is 0.319 e. The summed E-state index contributed by atoms with van der Waals surface area (Å²) in [5, 5.41) is 10.2. The van der Waals surface area contributed by atoms with Gasteiger partial charge in [0.25, 0.3) is 0 Å². The van der Waals surface area contributed by atoms with Crippen molar-refractivity contribution in [2.45, 2.75) is 19.3 Å². The SMILES string of the molecule is COC(=O)CN1CCC(C(=O)Cc2cc3cc(-c4cn(C)nn4)ccc3cn2)CC1. The van der Waals surface area contributed by atoms with Crippen molar-refractivity contribution in [3.8, 4) is 11.3 Å². The number of carbonyl (C=O) groups excluding carboxylic acids is 2. The first-order chi connectivity index (χ1) is 14.5. The predicted molar refractivity (Wildman–Crippen MR) is 112 cm³/mol. The number of methoxy groups -OCH3 is 1. The summed E-state index contributed by atoms with van der Waals surface area (Å²) in [5.74, 6) is -0.00652. The van der Waals surface area contributed by atoms with E-state index in [0.717, 1.165) is 53.7 Å². The molecule has 30 heavy (non-hydrogen) atoms. The molecule has 1 saturated heterocycles. The van der Waals surface area contributed by atoms with Crippen LogP contribution in [0.1, 0.15) is 18.5 Å². The summed E-state index contributed by atoms with van der Waals surface area (Å²) in [4.78, 5) is 30.7. The van der Waals surface area contributed by atoms with Gasteiger partial charge in [-0.3, -0.25) is 24.2 Å². The molecule has 8 heteroatoms. The largest absolute Gasteiger partial charge is 0.468 e. The van der Waals surface area contributed by atoms with Crippen LogP contribution in [0.15, 0.2) is 36.7 Å². The minimum atomic E-state index is -0.235. The highest BCUT2D eigenvalue weighted by atomic mass is 16.5. The molecule has 3 heterocycles. The van der Waals surface area contributed by atoms with Gasteiger partial charge >= 0.3 is 5.97 Å². The summed E-state index contributed by atoms with van der Waals surface area (Å²) in [6.45, 7) is 1.76. The molecule has 0 radical (unpaired) electrons. The zero-order valence-corrected chi connectivity index (χ0v) is 17.2. The van der Waals surface area contributed by atoms with Gasteiger partial charge in [-0.1, -0.05) is 17.3 Å². The number of piperidine rings is 1. The smallest absolute Gasteiger partial charge is 0.319 e. The van der Waals surface area contributed by atoms with E-state index in [1.165, 1.54) is 7.11 Å². The maximum absolute atomic E-state index is 12.8. The molecule has 0 atom stereocenters. The maximum atomic E-state index is 12.8. The summed E-state index contributed by atoms with van der Waals surface area (Å²) in [5.41, 5.74) is 2.57. The van der Waals surface area contributed by atoms with E-state index < -0.39 is 0 Å². The first-order valence-corrected chi connectivity index (χ1v) is 10.1. The monoisotopic (exact) mass is 407 g/mol. The lowest BCUT2D eigenvalue weighted by Crippen LogP contribution is -2.39. The fourth-order valence-electron chi connectivity index (χ4n) is 3.91. The second-order valence-corrected chi connectivity index (χ2v) is 7.78. The molecule has 4 rings (SSSR count). The Morgan fingerprint density at radius 3 is 2.67 bits per heavy atom. The van der Waals surface area contributed by atoms with E-state index in [4.69, 9.17) is 4.74 Å². The second kappa shape index (κ2) is 8.71. The lowest BCUT2D eigenvalue weighted by molar-refractivity contribution is -0.142. The van der Waals surface area contributed by atoms with Crippen molar-refractivity contribution < 1.29 is 14.3 Å². The van der Waals surface area contributed by atoms with Gasteiger partial charge in [-0.15, -0.1) is 5.10 Å².